The molecule has 6 aliphatic rings. The third-order valence-corrected chi connectivity index (χ3v) is 15.2. The van der Waals surface area contributed by atoms with Crippen molar-refractivity contribution in [2.24, 2.45) is 0 Å². The lowest BCUT2D eigenvalue weighted by Crippen LogP contribution is -2.33. The molecule has 0 aliphatic carbocycles. The molecule has 0 saturated heterocycles. The average Bonchev–Trinajstić information content (AvgIpc) is 3.89. The van der Waals surface area contributed by atoms with Gasteiger partial charge < -0.3 is 49.2 Å². The van der Waals surface area contributed by atoms with Crippen LogP contribution >= 0.6 is 0 Å². The predicted molar refractivity (Wildman–Crippen MR) is 245 cm³/mol. The third kappa shape index (κ3) is 5.89. The van der Waals surface area contributed by atoms with E-state index in [9.17, 15) is 0 Å². The van der Waals surface area contributed by atoms with Crippen LogP contribution in [-0.2, 0) is 0 Å². The van der Waals surface area contributed by atoms with Crippen LogP contribution < -0.4 is 19.6 Å². The number of nitrogens with zero attached hydrogens (tertiary/aromatic N) is 14. The first-order valence-corrected chi connectivity index (χ1v) is 22.0. The van der Waals surface area contributed by atoms with Crippen molar-refractivity contribution in [3.05, 3.63) is 23.3 Å². The molecule has 60 heavy (non-hydrogen) atoms. The Morgan fingerprint density at radius 2 is 0.500 bits per heavy atom. The number of fused-ring (bicyclic) bond motifs is 18. The van der Waals surface area contributed by atoms with Gasteiger partial charge in [-0.3, -0.25) is 0 Å². The van der Waals surface area contributed by atoms with Crippen LogP contribution in [0.15, 0.2) is 0 Å². The Hall–Kier alpha value is -5.28. The maximum atomic E-state index is 5.61. The first-order valence-electron chi connectivity index (χ1n) is 22.0. The van der Waals surface area contributed by atoms with Crippen LogP contribution in [0, 0.1) is 0 Å². The number of H-pyrrole nitrogens is 2. The fourth-order valence-electron chi connectivity index (χ4n) is 10.4. The van der Waals surface area contributed by atoms with Crippen molar-refractivity contribution < 1.29 is 0 Å². The number of aromatic nitrogens is 8. The van der Waals surface area contributed by atoms with Gasteiger partial charge in [0.2, 0.25) is 0 Å². The number of rotatable bonds is 0. The minimum atomic E-state index is 0.236. The largest absolute Gasteiger partial charge is 0.367 e. The smallest absolute Gasteiger partial charge is 0.182 e. The molecule has 0 spiro atoms. The molecule has 16 heteroatoms. The maximum absolute atomic E-state index is 5.61. The molecule has 0 saturated carbocycles. The van der Waals surface area contributed by atoms with Crippen LogP contribution in [0.25, 0.3) is 45.4 Å². The average molecular weight is 819 g/mol. The molecule has 0 fully saturated rings. The lowest BCUT2D eigenvalue weighted by atomic mass is 10.1. The van der Waals surface area contributed by atoms with E-state index in [1.165, 1.54) is 0 Å². The second-order valence-electron chi connectivity index (χ2n) is 19.0. The fraction of sp³-hybridized carbons (Fsp3) is 0.636. The highest BCUT2D eigenvalue weighted by atomic mass is 15.3. The minimum absolute atomic E-state index is 0.236. The van der Waals surface area contributed by atoms with Gasteiger partial charge in [0.1, 0.15) is 45.5 Å². The van der Waals surface area contributed by atoms with E-state index in [2.05, 4.69) is 161 Å². The molecule has 2 N–H and O–H groups in total. The Bertz CT molecular complexity index is 2300. The van der Waals surface area contributed by atoms with Gasteiger partial charge in [-0.15, -0.1) is 0 Å². The topological polar surface area (TPSA) is 135 Å². The highest BCUT2D eigenvalue weighted by molar-refractivity contribution is 6.00. The zero-order valence-electron chi connectivity index (χ0n) is 38.7. The minimum Gasteiger partial charge on any atom is -0.367 e. The molecule has 0 radical (unpaired) electrons. The van der Waals surface area contributed by atoms with Gasteiger partial charge in [0.25, 0.3) is 0 Å². The fourth-order valence-corrected chi connectivity index (χ4v) is 10.4. The Labute approximate surface area is 355 Å². The summed E-state index contributed by atoms with van der Waals surface area (Å²) in [6, 6.07) is 1.96. The van der Waals surface area contributed by atoms with Gasteiger partial charge in [-0.05, 0) is 81.1 Å². The van der Waals surface area contributed by atoms with E-state index >= 15 is 0 Å². The summed E-state index contributed by atoms with van der Waals surface area (Å²) in [6.45, 7) is 18.3. The molecule has 8 atom stereocenters. The molecule has 9 heterocycles. The van der Waals surface area contributed by atoms with Crippen LogP contribution in [0.1, 0.15) is 104 Å². The van der Waals surface area contributed by atoms with E-state index < -0.39 is 0 Å². The molecule has 0 amide bonds. The van der Waals surface area contributed by atoms with Crippen LogP contribution in [0.4, 0.5) is 22.7 Å². The monoisotopic (exact) mass is 819 g/mol. The molecule has 9 rings (SSSR count). The summed E-state index contributed by atoms with van der Waals surface area (Å²) < 4.78 is 0. The second-order valence-corrected chi connectivity index (χ2v) is 19.0. The molecule has 322 valence electrons. The first kappa shape index (κ1) is 40.1. The van der Waals surface area contributed by atoms with Crippen molar-refractivity contribution in [2.75, 3.05) is 76.0 Å². The van der Waals surface area contributed by atoms with Crippen molar-refractivity contribution in [1.29, 1.82) is 0 Å². The van der Waals surface area contributed by atoms with Gasteiger partial charge in [-0.2, -0.15) is 0 Å². The number of aromatic amines is 2. The van der Waals surface area contributed by atoms with Gasteiger partial charge in [0, 0.05) is 105 Å². The van der Waals surface area contributed by atoms with E-state index in [1.807, 2.05) is 0 Å². The molecule has 6 aliphatic heterocycles. The lowest BCUT2D eigenvalue weighted by Gasteiger charge is -2.27. The maximum Gasteiger partial charge on any atom is 0.182 e. The first-order chi connectivity index (χ1) is 28.4. The van der Waals surface area contributed by atoms with E-state index in [0.717, 1.165) is 93.8 Å². The van der Waals surface area contributed by atoms with Crippen molar-refractivity contribution in [3.63, 3.8) is 0 Å². The summed E-state index contributed by atoms with van der Waals surface area (Å²) in [5, 5.41) is 0. The summed E-state index contributed by atoms with van der Waals surface area (Å²) in [5.41, 5.74) is 10.8. The number of hydrogen-bond donors (Lipinski definition) is 2. The summed E-state index contributed by atoms with van der Waals surface area (Å²) in [7, 11) is 17.4. The molecular weight excluding hydrogens is 753 g/mol. The van der Waals surface area contributed by atoms with Crippen molar-refractivity contribution in [2.45, 2.75) is 129 Å². The van der Waals surface area contributed by atoms with Crippen LogP contribution in [0.2, 0.25) is 0 Å². The molecular formula is C44H66N16. The lowest BCUT2D eigenvalue weighted by molar-refractivity contribution is 0.285. The zero-order valence-corrected chi connectivity index (χ0v) is 38.7. The predicted octanol–water partition coefficient (Wildman–Crippen LogP) is 5.74. The normalized spacial score (nSPS) is 28.7. The Kier molecular flexibility index (Phi) is 9.47. The summed E-state index contributed by atoms with van der Waals surface area (Å²) in [6.07, 6.45) is 3.92. The Balaban J connectivity index is 1.50. The Morgan fingerprint density at radius 3 is 0.750 bits per heavy atom. The van der Waals surface area contributed by atoms with Crippen LogP contribution in [-0.4, -0.2) is 164 Å². The summed E-state index contributed by atoms with van der Waals surface area (Å²) in [5.74, 6) is 2.46. The highest BCUT2D eigenvalue weighted by Gasteiger charge is 2.40. The molecule has 8 unspecified atom stereocenters. The van der Waals surface area contributed by atoms with Gasteiger partial charge in [0.05, 0.1) is 0 Å². The summed E-state index contributed by atoms with van der Waals surface area (Å²) >= 11 is 0. The molecule has 16 nitrogen and oxygen atoms in total. The molecule has 3 aromatic rings. The van der Waals surface area contributed by atoms with Gasteiger partial charge in [0.15, 0.2) is 45.9 Å². The molecule has 0 aromatic carbocycles. The van der Waals surface area contributed by atoms with Gasteiger partial charge in [-0.25, -0.2) is 29.9 Å². The number of anilines is 4. The Morgan fingerprint density at radius 1 is 0.300 bits per heavy atom. The van der Waals surface area contributed by atoms with Crippen molar-refractivity contribution >= 4 is 68.1 Å². The molecule has 3 aromatic heterocycles. The van der Waals surface area contributed by atoms with E-state index in [0.29, 0.717) is 23.3 Å². The van der Waals surface area contributed by atoms with E-state index in [-0.39, 0.29) is 48.3 Å². The SMILES string of the molecule is CC1CC(C)N(C)C2=C(c3nc4nc(nc5[nH]c(nc6[nH]c(nc2n3)c2c6N(C)C(C)CC(C)N2C)c2c5N(C)C(C)CC(C)N2C)C2=C4N(C)C(C)CC(C)N2C)N1C. The van der Waals surface area contributed by atoms with Crippen molar-refractivity contribution in [1.82, 2.24) is 59.5 Å². The zero-order chi connectivity index (χ0) is 43.0. The van der Waals surface area contributed by atoms with Gasteiger partial charge >= 0.3 is 0 Å². The van der Waals surface area contributed by atoms with Crippen LogP contribution in [0.3, 0.4) is 0 Å². The standard InChI is InChI=1S/C44H66N16/c1-21-17-22(2)54(10)30-29(53(21)9)37-45-38(30)50-40-33-34(58(14)26(6)19-25(5)57(33)13)42(47-40)52-44-36-35(59(15)27(7)20-28(8)60(36)16)43(48-44)51-41-32-31(39(46-41)49-37)55(11)23(3)18-24(4)56(32)12/h21-28H,17-20H2,1-16H3,(H2,45,46,47,48,49,50,51,52). The van der Waals surface area contributed by atoms with Crippen LogP contribution in [0.5, 0.6) is 0 Å². The van der Waals surface area contributed by atoms with E-state index in [4.69, 9.17) is 29.9 Å². The molecule has 8 bridgehead atoms. The van der Waals surface area contributed by atoms with Gasteiger partial charge in [-0.1, -0.05) is 0 Å². The highest BCUT2D eigenvalue weighted by Crippen LogP contribution is 2.46. The summed E-state index contributed by atoms with van der Waals surface area (Å²) in [4.78, 5) is 59.4. The third-order valence-electron chi connectivity index (χ3n) is 15.2. The number of nitrogens with one attached hydrogen (secondary N) is 2. The quantitative estimate of drug-likeness (QED) is 0.286. The van der Waals surface area contributed by atoms with E-state index in [1.54, 1.807) is 0 Å². The second kappa shape index (κ2) is 14.2. The van der Waals surface area contributed by atoms with Crippen molar-refractivity contribution in [3.8, 4) is 0 Å². The number of hydrogen-bond acceptors (Lipinski definition) is 14.